The van der Waals surface area contributed by atoms with Crippen LogP contribution in [0.1, 0.15) is 24.8 Å². The molecule has 2 aromatic rings. The van der Waals surface area contributed by atoms with E-state index in [1.165, 1.54) is 11.8 Å². The Morgan fingerprint density at radius 3 is 2.33 bits per heavy atom. The zero-order valence-corrected chi connectivity index (χ0v) is 24.0. The van der Waals surface area contributed by atoms with Crippen LogP contribution in [0.5, 0.6) is 0 Å². The van der Waals surface area contributed by atoms with E-state index in [-0.39, 0.29) is 37.5 Å². The summed E-state index contributed by atoms with van der Waals surface area (Å²) < 4.78 is 0. The highest BCUT2D eigenvalue weighted by Gasteiger charge is 2.30. The van der Waals surface area contributed by atoms with Gasteiger partial charge in [0.05, 0.1) is 6.04 Å². The van der Waals surface area contributed by atoms with Gasteiger partial charge in [-0.3, -0.25) is 19.4 Å². The largest absolute Gasteiger partial charge is 0.480 e. The van der Waals surface area contributed by atoms with E-state index in [9.17, 15) is 24.3 Å². The van der Waals surface area contributed by atoms with Crippen molar-refractivity contribution < 1.29 is 24.3 Å². The van der Waals surface area contributed by atoms with E-state index in [1.54, 1.807) is 6.20 Å². The van der Waals surface area contributed by atoms with Gasteiger partial charge in [-0.05, 0) is 42.9 Å². The third-order valence-electron chi connectivity index (χ3n) is 6.07. The van der Waals surface area contributed by atoms with E-state index in [0.717, 1.165) is 16.5 Å². The number of amides is 3. The number of para-hydroxylation sites is 1. The van der Waals surface area contributed by atoms with Crippen molar-refractivity contribution in [1.82, 2.24) is 20.9 Å². The van der Waals surface area contributed by atoms with Crippen molar-refractivity contribution in [3.8, 4) is 0 Å². The Hall–Kier alpha value is -3.43. The van der Waals surface area contributed by atoms with Gasteiger partial charge in [0.1, 0.15) is 18.1 Å². The molecule has 0 bridgehead atoms. The number of guanidine groups is 1. The molecule has 2 rings (SSSR count). The van der Waals surface area contributed by atoms with Crippen LogP contribution in [0.4, 0.5) is 0 Å². The molecule has 11 N–H and O–H groups in total. The van der Waals surface area contributed by atoms with Crippen LogP contribution < -0.4 is 33.2 Å². The van der Waals surface area contributed by atoms with Gasteiger partial charge in [-0.2, -0.15) is 24.4 Å². The topological polar surface area (TPSA) is 231 Å². The Morgan fingerprint density at radius 1 is 1.02 bits per heavy atom. The summed E-state index contributed by atoms with van der Waals surface area (Å²) in [6.07, 6.45) is 4.35. The summed E-state index contributed by atoms with van der Waals surface area (Å²) >= 11 is 5.49. The molecule has 1 heterocycles. The smallest absolute Gasteiger partial charge is 0.326 e. The number of benzene rings is 1. The molecular weight excluding hydrogens is 556 g/mol. The van der Waals surface area contributed by atoms with E-state index in [1.807, 2.05) is 30.5 Å². The molecule has 4 atom stereocenters. The first-order valence-corrected chi connectivity index (χ1v) is 14.7. The second-order valence-corrected chi connectivity index (χ2v) is 10.5. The van der Waals surface area contributed by atoms with Crippen molar-refractivity contribution in [3.05, 3.63) is 36.0 Å². The van der Waals surface area contributed by atoms with Crippen molar-refractivity contribution in [1.29, 1.82) is 0 Å². The van der Waals surface area contributed by atoms with E-state index in [0.29, 0.717) is 12.2 Å². The number of hydrogen-bond acceptors (Lipinski definition) is 8. The molecule has 4 unspecified atom stereocenters. The van der Waals surface area contributed by atoms with Gasteiger partial charge >= 0.3 is 5.97 Å². The van der Waals surface area contributed by atoms with E-state index in [4.69, 9.17) is 17.2 Å². The van der Waals surface area contributed by atoms with Crippen molar-refractivity contribution >= 4 is 64.9 Å². The molecule has 13 nitrogen and oxygen atoms in total. The summed E-state index contributed by atoms with van der Waals surface area (Å²) in [6.45, 7) is 0.218. The van der Waals surface area contributed by atoms with Crippen LogP contribution in [0, 0.1) is 0 Å². The molecule has 220 valence electrons. The molecule has 15 heteroatoms. The highest BCUT2D eigenvalue weighted by atomic mass is 32.2. The van der Waals surface area contributed by atoms with Crippen LogP contribution in [0.2, 0.25) is 0 Å². The number of thioether (sulfide) groups is 1. The zero-order chi connectivity index (χ0) is 29.7. The summed E-state index contributed by atoms with van der Waals surface area (Å²) in [5.41, 5.74) is 18.1. The standard InChI is InChI=1S/C25H38N8O5S2/c1-40-10-8-19(24(37)38)32-23(36)20(11-14-12-30-17-6-3-2-5-15(14)17)33-22(35)18(7-4-9-29-25(27)28)31-21(34)16(26)13-39/h2-3,5-6,12,16,18-20,30,39H,4,7-11,13,26H2,1H3,(H,31,34)(H,32,36)(H,33,35)(H,37,38)(H4,27,28,29). The molecule has 40 heavy (non-hydrogen) atoms. The van der Waals surface area contributed by atoms with Crippen LogP contribution in [0.15, 0.2) is 35.5 Å². The fourth-order valence-electron chi connectivity index (χ4n) is 3.90. The summed E-state index contributed by atoms with van der Waals surface area (Å²) in [5.74, 6) is -2.58. The second-order valence-electron chi connectivity index (χ2n) is 9.10. The molecule has 3 amide bonds. The number of aromatic amines is 1. The first-order valence-electron chi connectivity index (χ1n) is 12.7. The SMILES string of the molecule is CSCCC(NC(=O)C(Cc1c[nH]c2ccccc12)NC(=O)C(CCCN=C(N)N)NC(=O)C(N)CS)C(=O)O. The number of aliphatic carboxylic acids is 1. The lowest BCUT2D eigenvalue weighted by molar-refractivity contribution is -0.142. The number of carboxylic acids is 1. The lowest BCUT2D eigenvalue weighted by Gasteiger charge is -2.25. The van der Waals surface area contributed by atoms with Gasteiger partial charge in [-0.15, -0.1) is 0 Å². The Balaban J connectivity index is 2.31. The van der Waals surface area contributed by atoms with Gasteiger partial charge in [0, 0.05) is 35.8 Å². The Morgan fingerprint density at radius 2 is 1.68 bits per heavy atom. The normalized spacial score (nSPS) is 14.0. The van der Waals surface area contributed by atoms with Crippen LogP contribution in [-0.2, 0) is 25.6 Å². The molecule has 1 aromatic heterocycles. The molecule has 1 aromatic carbocycles. The van der Waals surface area contributed by atoms with Gasteiger partial charge in [0.15, 0.2) is 5.96 Å². The number of nitrogens with one attached hydrogen (secondary N) is 4. The number of rotatable bonds is 17. The van der Waals surface area contributed by atoms with E-state index in [2.05, 4.69) is 38.6 Å². The van der Waals surface area contributed by atoms with Crippen LogP contribution >= 0.6 is 24.4 Å². The van der Waals surface area contributed by atoms with Gasteiger partial charge in [-0.25, -0.2) is 4.79 Å². The number of aromatic nitrogens is 1. The number of H-pyrrole nitrogens is 1. The number of thiol groups is 1. The molecule has 0 saturated heterocycles. The fraction of sp³-hybridized carbons (Fsp3) is 0.480. The predicted molar refractivity (Wildman–Crippen MR) is 160 cm³/mol. The first kappa shape index (κ1) is 32.8. The Bertz CT molecular complexity index is 1190. The summed E-state index contributed by atoms with van der Waals surface area (Å²) in [7, 11) is 0. The molecule has 0 spiro atoms. The molecule has 0 aliphatic carbocycles. The van der Waals surface area contributed by atoms with Gasteiger partial charge in [-0.1, -0.05) is 18.2 Å². The number of hydrogen-bond donors (Lipinski definition) is 9. The number of fused-ring (bicyclic) bond motifs is 1. The summed E-state index contributed by atoms with van der Waals surface area (Å²) in [5, 5.41) is 18.3. The van der Waals surface area contributed by atoms with Gasteiger partial charge < -0.3 is 43.2 Å². The monoisotopic (exact) mass is 594 g/mol. The number of carboxylic acid groups (broad SMARTS) is 1. The number of carbonyl (C=O) groups excluding carboxylic acids is 3. The quantitative estimate of drug-likeness (QED) is 0.0488. The molecule has 0 aliphatic rings. The van der Waals surface area contributed by atoms with E-state index < -0.39 is 47.9 Å². The minimum Gasteiger partial charge on any atom is -0.480 e. The van der Waals surface area contributed by atoms with Crippen LogP contribution in [0.25, 0.3) is 10.9 Å². The number of nitrogens with two attached hydrogens (primary N) is 3. The molecule has 0 aliphatic heterocycles. The third kappa shape index (κ3) is 10.3. The number of nitrogens with zero attached hydrogens (tertiary/aromatic N) is 1. The maximum Gasteiger partial charge on any atom is 0.326 e. The lowest BCUT2D eigenvalue weighted by Crippen LogP contribution is -2.57. The minimum absolute atomic E-state index is 0.0619. The van der Waals surface area contributed by atoms with Crippen molar-refractivity contribution in [3.63, 3.8) is 0 Å². The van der Waals surface area contributed by atoms with Gasteiger partial charge in [0.2, 0.25) is 17.7 Å². The van der Waals surface area contributed by atoms with Crippen LogP contribution in [0.3, 0.4) is 0 Å². The van der Waals surface area contributed by atoms with E-state index >= 15 is 0 Å². The molecule has 0 saturated carbocycles. The molecule has 0 radical (unpaired) electrons. The maximum atomic E-state index is 13.4. The highest BCUT2D eigenvalue weighted by Crippen LogP contribution is 2.19. The third-order valence-corrected chi connectivity index (χ3v) is 7.11. The summed E-state index contributed by atoms with van der Waals surface area (Å²) in [6, 6.07) is 3.19. The van der Waals surface area contributed by atoms with Crippen LogP contribution in [-0.4, -0.2) is 88.2 Å². The van der Waals surface area contributed by atoms with Crippen molar-refractivity contribution in [2.45, 2.75) is 49.9 Å². The van der Waals surface area contributed by atoms with Crippen molar-refractivity contribution in [2.75, 3.05) is 24.3 Å². The lowest BCUT2D eigenvalue weighted by atomic mass is 10.0. The fourth-order valence-corrected chi connectivity index (χ4v) is 4.54. The highest BCUT2D eigenvalue weighted by molar-refractivity contribution is 7.98. The average Bonchev–Trinajstić information content (AvgIpc) is 3.33. The predicted octanol–water partition coefficient (Wildman–Crippen LogP) is -0.687. The zero-order valence-electron chi connectivity index (χ0n) is 22.3. The number of aliphatic imine (C=N–C) groups is 1. The maximum absolute atomic E-state index is 13.4. The Labute approximate surface area is 242 Å². The second kappa shape index (κ2) is 16.6. The molecule has 0 fully saturated rings. The number of carbonyl (C=O) groups is 4. The Kier molecular flexibility index (Phi) is 13.6. The molecular formula is C25H38N8O5S2. The minimum atomic E-state index is -1.18. The average molecular weight is 595 g/mol. The van der Waals surface area contributed by atoms with Crippen molar-refractivity contribution in [2.24, 2.45) is 22.2 Å². The first-order chi connectivity index (χ1) is 19.1. The van der Waals surface area contributed by atoms with Gasteiger partial charge in [0.25, 0.3) is 0 Å². The summed E-state index contributed by atoms with van der Waals surface area (Å²) in [4.78, 5) is 58.1.